The minimum atomic E-state index is -0.306. The van der Waals surface area contributed by atoms with Crippen LogP contribution in [0.25, 0.3) is 0 Å². The minimum absolute atomic E-state index is 0.0806. The van der Waals surface area contributed by atoms with Gasteiger partial charge in [0.05, 0.1) is 13.3 Å². The van der Waals surface area contributed by atoms with Crippen molar-refractivity contribution in [3.63, 3.8) is 0 Å². The first-order valence-electron chi connectivity index (χ1n) is 8.19. The molecular weight excluding hydrogens is 316 g/mol. The van der Waals surface area contributed by atoms with Gasteiger partial charge in [0.25, 0.3) is 5.91 Å². The Labute approximate surface area is 148 Å². The first kappa shape index (κ1) is 18.5. The number of nitrogens with zero attached hydrogens (tertiary/aromatic N) is 1. The summed E-state index contributed by atoms with van der Waals surface area (Å²) in [6.45, 7) is 6.05. The van der Waals surface area contributed by atoms with Crippen LogP contribution < -0.4 is 14.9 Å². The molecule has 1 N–H and O–H groups in total. The van der Waals surface area contributed by atoms with Crippen LogP contribution in [0.1, 0.15) is 36.5 Å². The van der Waals surface area contributed by atoms with E-state index < -0.39 is 0 Å². The number of ether oxygens (including phenoxy) is 2. The molecule has 2 aromatic carbocycles. The van der Waals surface area contributed by atoms with Gasteiger partial charge < -0.3 is 9.47 Å². The Balaban J connectivity index is 1.88. The van der Waals surface area contributed by atoms with Crippen LogP contribution in [0.4, 0.5) is 0 Å². The van der Waals surface area contributed by atoms with Crippen molar-refractivity contribution >= 4 is 12.1 Å². The number of nitrogens with one attached hydrogen (secondary N) is 1. The molecule has 0 aromatic heterocycles. The fourth-order valence-corrected chi connectivity index (χ4v) is 2.43. The number of aryl methyl sites for hydroxylation is 1. The molecular formula is C20H24N2O3. The maximum absolute atomic E-state index is 11.9. The summed E-state index contributed by atoms with van der Waals surface area (Å²) in [6, 6.07) is 13.4. The number of benzene rings is 2. The molecule has 5 nitrogen and oxygen atoms in total. The monoisotopic (exact) mass is 340 g/mol. The molecule has 0 radical (unpaired) electrons. The van der Waals surface area contributed by atoms with E-state index in [4.69, 9.17) is 9.47 Å². The Hall–Kier alpha value is -2.82. The average Bonchev–Trinajstić information content (AvgIpc) is 2.60. The van der Waals surface area contributed by atoms with Crippen molar-refractivity contribution < 1.29 is 14.3 Å². The summed E-state index contributed by atoms with van der Waals surface area (Å²) in [5.74, 6) is 1.57. The molecule has 25 heavy (non-hydrogen) atoms. The van der Waals surface area contributed by atoms with E-state index in [2.05, 4.69) is 24.4 Å². The second kappa shape index (κ2) is 8.87. The zero-order valence-corrected chi connectivity index (χ0v) is 15.1. The zero-order chi connectivity index (χ0) is 18.2. The van der Waals surface area contributed by atoms with Crippen LogP contribution in [-0.4, -0.2) is 25.8 Å². The highest BCUT2D eigenvalue weighted by Crippen LogP contribution is 2.25. The first-order valence-corrected chi connectivity index (χ1v) is 8.19. The van der Waals surface area contributed by atoms with Crippen molar-refractivity contribution in [3.05, 3.63) is 59.2 Å². The van der Waals surface area contributed by atoms with Crippen LogP contribution in [-0.2, 0) is 4.79 Å². The number of hydrogen-bond donors (Lipinski definition) is 1. The van der Waals surface area contributed by atoms with Gasteiger partial charge in [0.1, 0.15) is 11.5 Å². The largest absolute Gasteiger partial charge is 0.496 e. The molecule has 0 aliphatic rings. The Morgan fingerprint density at radius 3 is 2.64 bits per heavy atom. The maximum Gasteiger partial charge on any atom is 0.277 e. The standard InChI is InChI=1S/C20H24N2O3/c1-14(2)17-7-5-6-8-19(17)25-13-20(23)22-21-12-16-9-10-18(24-4)15(3)11-16/h5-12,14H,13H2,1-4H3,(H,22,23)/b21-12+. The van der Waals surface area contributed by atoms with Crippen molar-refractivity contribution in [1.82, 2.24) is 5.43 Å². The van der Waals surface area contributed by atoms with Gasteiger partial charge in [-0.2, -0.15) is 5.10 Å². The molecule has 0 heterocycles. The summed E-state index contributed by atoms with van der Waals surface area (Å²) < 4.78 is 10.8. The van der Waals surface area contributed by atoms with Crippen LogP contribution in [0, 0.1) is 6.92 Å². The van der Waals surface area contributed by atoms with E-state index in [1.807, 2.05) is 49.4 Å². The number of hydrazone groups is 1. The molecule has 0 saturated carbocycles. The number of rotatable bonds is 7. The van der Waals surface area contributed by atoms with E-state index in [0.29, 0.717) is 5.92 Å². The van der Waals surface area contributed by atoms with E-state index in [1.54, 1.807) is 13.3 Å². The van der Waals surface area contributed by atoms with Crippen LogP contribution in [0.3, 0.4) is 0 Å². The predicted octanol–water partition coefficient (Wildman–Crippen LogP) is 3.66. The first-order chi connectivity index (χ1) is 12.0. The van der Waals surface area contributed by atoms with Gasteiger partial charge >= 0.3 is 0 Å². The van der Waals surface area contributed by atoms with E-state index in [-0.39, 0.29) is 12.5 Å². The second-order valence-corrected chi connectivity index (χ2v) is 6.00. The van der Waals surface area contributed by atoms with Gasteiger partial charge in [0.2, 0.25) is 0 Å². The summed E-state index contributed by atoms with van der Waals surface area (Å²) >= 11 is 0. The van der Waals surface area contributed by atoms with Gasteiger partial charge in [-0.25, -0.2) is 5.43 Å². The van der Waals surface area contributed by atoms with Crippen LogP contribution in [0.15, 0.2) is 47.6 Å². The lowest BCUT2D eigenvalue weighted by Gasteiger charge is -2.13. The normalized spacial score (nSPS) is 10.9. The van der Waals surface area contributed by atoms with Crippen molar-refractivity contribution in [2.24, 2.45) is 5.10 Å². The third-order valence-electron chi connectivity index (χ3n) is 3.72. The van der Waals surface area contributed by atoms with Gasteiger partial charge in [-0.1, -0.05) is 32.0 Å². The molecule has 0 bridgehead atoms. The molecule has 2 aromatic rings. The lowest BCUT2D eigenvalue weighted by atomic mass is 10.0. The lowest BCUT2D eigenvalue weighted by Crippen LogP contribution is -2.24. The number of para-hydroxylation sites is 1. The molecule has 0 aliphatic heterocycles. The quantitative estimate of drug-likeness (QED) is 0.618. The minimum Gasteiger partial charge on any atom is -0.496 e. The van der Waals surface area contributed by atoms with Gasteiger partial charge in [0.15, 0.2) is 6.61 Å². The number of methoxy groups -OCH3 is 1. The van der Waals surface area contributed by atoms with Crippen molar-refractivity contribution in [1.29, 1.82) is 0 Å². The molecule has 0 atom stereocenters. The average molecular weight is 340 g/mol. The third kappa shape index (κ3) is 5.35. The number of carbonyl (C=O) groups excluding carboxylic acids is 1. The second-order valence-electron chi connectivity index (χ2n) is 6.00. The van der Waals surface area contributed by atoms with E-state index in [0.717, 1.165) is 28.2 Å². The summed E-state index contributed by atoms with van der Waals surface area (Å²) in [4.78, 5) is 11.9. The summed E-state index contributed by atoms with van der Waals surface area (Å²) in [6.07, 6.45) is 1.59. The summed E-state index contributed by atoms with van der Waals surface area (Å²) in [7, 11) is 1.63. The van der Waals surface area contributed by atoms with Crippen LogP contribution in [0.2, 0.25) is 0 Å². The van der Waals surface area contributed by atoms with Crippen molar-refractivity contribution in [2.75, 3.05) is 13.7 Å². The molecule has 1 amide bonds. The third-order valence-corrected chi connectivity index (χ3v) is 3.72. The molecule has 0 spiro atoms. The molecule has 5 heteroatoms. The zero-order valence-electron chi connectivity index (χ0n) is 15.1. The molecule has 0 unspecified atom stereocenters. The Bertz CT molecular complexity index is 754. The van der Waals surface area contributed by atoms with Gasteiger partial charge in [-0.15, -0.1) is 0 Å². The molecule has 0 saturated heterocycles. The van der Waals surface area contributed by atoms with Gasteiger partial charge in [-0.3, -0.25) is 4.79 Å². The van der Waals surface area contributed by atoms with E-state index >= 15 is 0 Å². The van der Waals surface area contributed by atoms with Crippen molar-refractivity contribution in [2.45, 2.75) is 26.7 Å². The fourth-order valence-electron chi connectivity index (χ4n) is 2.43. The molecule has 0 aliphatic carbocycles. The predicted molar refractivity (Wildman–Crippen MR) is 99.5 cm³/mol. The topological polar surface area (TPSA) is 59.9 Å². The molecule has 2 rings (SSSR count). The van der Waals surface area contributed by atoms with Crippen LogP contribution in [0.5, 0.6) is 11.5 Å². The van der Waals surface area contributed by atoms with Gasteiger partial charge in [0, 0.05) is 0 Å². The summed E-state index contributed by atoms with van der Waals surface area (Å²) in [5, 5.41) is 3.96. The molecule has 0 fully saturated rings. The van der Waals surface area contributed by atoms with Gasteiger partial charge in [-0.05, 0) is 53.8 Å². The highest BCUT2D eigenvalue weighted by Gasteiger charge is 2.08. The molecule has 132 valence electrons. The Kier molecular flexibility index (Phi) is 6.57. The Morgan fingerprint density at radius 2 is 1.96 bits per heavy atom. The summed E-state index contributed by atoms with van der Waals surface area (Å²) in [5.41, 5.74) is 5.43. The smallest absolute Gasteiger partial charge is 0.277 e. The highest BCUT2D eigenvalue weighted by atomic mass is 16.5. The number of carbonyl (C=O) groups is 1. The van der Waals surface area contributed by atoms with Crippen LogP contribution >= 0.6 is 0 Å². The highest BCUT2D eigenvalue weighted by molar-refractivity contribution is 5.83. The Morgan fingerprint density at radius 1 is 1.20 bits per heavy atom. The lowest BCUT2D eigenvalue weighted by molar-refractivity contribution is -0.123. The van der Waals surface area contributed by atoms with E-state index in [9.17, 15) is 4.79 Å². The number of amides is 1. The van der Waals surface area contributed by atoms with E-state index in [1.165, 1.54) is 0 Å². The SMILES string of the molecule is COc1ccc(/C=N/NC(=O)COc2ccccc2C(C)C)cc1C. The maximum atomic E-state index is 11.9. The number of hydrogen-bond acceptors (Lipinski definition) is 4. The fraction of sp³-hybridized carbons (Fsp3) is 0.300. The van der Waals surface area contributed by atoms with Crippen molar-refractivity contribution in [3.8, 4) is 11.5 Å².